The van der Waals surface area contributed by atoms with E-state index < -0.39 is 12.1 Å². The molecular weight excluding hydrogens is 426 g/mol. The highest BCUT2D eigenvalue weighted by Gasteiger charge is 2.35. The van der Waals surface area contributed by atoms with Crippen molar-refractivity contribution in [3.05, 3.63) is 52.9 Å². The molecule has 30 heavy (non-hydrogen) atoms. The van der Waals surface area contributed by atoms with Crippen molar-refractivity contribution in [3.8, 4) is 17.2 Å². The zero-order valence-corrected chi connectivity index (χ0v) is 18.1. The number of carboxylic acids is 1. The van der Waals surface area contributed by atoms with Crippen molar-refractivity contribution >= 4 is 51.9 Å². The molecular formula is C21H19NO6S2. The van der Waals surface area contributed by atoms with E-state index in [-0.39, 0.29) is 5.91 Å². The molecule has 1 aliphatic heterocycles. The van der Waals surface area contributed by atoms with E-state index in [1.165, 1.54) is 18.9 Å². The molecule has 1 heterocycles. The molecule has 1 fully saturated rings. The third-order valence-electron chi connectivity index (χ3n) is 4.28. The number of amides is 1. The number of rotatable bonds is 7. The monoisotopic (exact) mass is 445 g/mol. The number of hydrogen-bond donors (Lipinski definition) is 1. The molecule has 1 aliphatic rings. The lowest BCUT2D eigenvalue weighted by molar-refractivity contribution is -0.144. The first-order chi connectivity index (χ1) is 14.3. The fourth-order valence-corrected chi connectivity index (χ4v) is 4.01. The van der Waals surface area contributed by atoms with Gasteiger partial charge in [-0.1, -0.05) is 42.2 Å². The van der Waals surface area contributed by atoms with Crippen LogP contribution in [0.4, 0.5) is 5.69 Å². The molecule has 0 spiro atoms. The Labute approximate surface area is 183 Å². The standard InChI is InChI=1S/C21H19NO6S2/c1-12(20(24)25)28-16-7-5-4-6-13(16)10-18-19(23)22(21(29)30-18)15-9-8-14(26-2)11-17(15)27-3/h4-12H,1-3H3,(H,24,25)/b18-10+. The number of para-hydroxylation sites is 1. The number of thioether (sulfide) groups is 1. The van der Waals surface area contributed by atoms with Gasteiger partial charge in [0.1, 0.15) is 17.2 Å². The smallest absolute Gasteiger partial charge is 0.344 e. The molecule has 1 saturated heterocycles. The van der Waals surface area contributed by atoms with Gasteiger partial charge in [-0.3, -0.25) is 9.69 Å². The highest BCUT2D eigenvalue weighted by Crippen LogP contribution is 2.41. The summed E-state index contributed by atoms with van der Waals surface area (Å²) in [5, 5.41) is 9.10. The quantitative estimate of drug-likeness (QED) is 0.506. The molecule has 1 unspecified atom stereocenters. The summed E-state index contributed by atoms with van der Waals surface area (Å²) in [6.45, 7) is 1.44. The lowest BCUT2D eigenvalue weighted by atomic mass is 10.1. The van der Waals surface area contributed by atoms with E-state index in [1.54, 1.807) is 55.7 Å². The minimum Gasteiger partial charge on any atom is -0.497 e. The second kappa shape index (κ2) is 9.19. The summed E-state index contributed by atoms with van der Waals surface area (Å²) in [7, 11) is 3.05. The minimum atomic E-state index is -1.08. The van der Waals surface area contributed by atoms with E-state index in [0.29, 0.717) is 37.7 Å². The first-order valence-corrected chi connectivity index (χ1v) is 10.1. The van der Waals surface area contributed by atoms with Crippen molar-refractivity contribution in [2.24, 2.45) is 0 Å². The first-order valence-electron chi connectivity index (χ1n) is 8.84. The van der Waals surface area contributed by atoms with Gasteiger partial charge >= 0.3 is 5.97 Å². The van der Waals surface area contributed by atoms with Gasteiger partial charge in [0.15, 0.2) is 10.4 Å². The number of carbonyl (C=O) groups excluding carboxylic acids is 1. The Morgan fingerprint density at radius 2 is 1.90 bits per heavy atom. The first kappa shape index (κ1) is 21.7. The molecule has 9 heteroatoms. The van der Waals surface area contributed by atoms with Crippen LogP contribution in [0.1, 0.15) is 12.5 Å². The van der Waals surface area contributed by atoms with Crippen molar-refractivity contribution < 1.29 is 28.9 Å². The third kappa shape index (κ3) is 4.42. The molecule has 3 rings (SSSR count). The number of aliphatic carboxylic acids is 1. The van der Waals surface area contributed by atoms with E-state index >= 15 is 0 Å². The molecule has 0 bridgehead atoms. The van der Waals surface area contributed by atoms with Gasteiger partial charge in [-0.15, -0.1) is 0 Å². The second-order valence-corrected chi connectivity index (χ2v) is 7.87. The van der Waals surface area contributed by atoms with Gasteiger partial charge in [-0.05, 0) is 31.2 Å². The van der Waals surface area contributed by atoms with Gasteiger partial charge < -0.3 is 19.3 Å². The van der Waals surface area contributed by atoms with Crippen molar-refractivity contribution in [3.63, 3.8) is 0 Å². The molecule has 1 atom stereocenters. The predicted octanol–water partition coefficient (Wildman–Crippen LogP) is 3.96. The molecule has 0 saturated carbocycles. The van der Waals surface area contributed by atoms with Crippen LogP contribution in [0.2, 0.25) is 0 Å². The zero-order chi connectivity index (χ0) is 21.8. The van der Waals surface area contributed by atoms with Crippen LogP contribution in [-0.4, -0.2) is 41.6 Å². The number of carboxylic acid groups (broad SMARTS) is 1. The Kier molecular flexibility index (Phi) is 6.63. The predicted molar refractivity (Wildman–Crippen MR) is 119 cm³/mol. The lowest BCUT2D eigenvalue weighted by Gasteiger charge is -2.18. The summed E-state index contributed by atoms with van der Waals surface area (Å²) in [6, 6.07) is 12.0. The zero-order valence-electron chi connectivity index (χ0n) is 16.4. The summed E-state index contributed by atoms with van der Waals surface area (Å²) in [5.41, 5.74) is 1.08. The van der Waals surface area contributed by atoms with Gasteiger partial charge in [0.05, 0.1) is 24.8 Å². The molecule has 2 aromatic carbocycles. The second-order valence-electron chi connectivity index (χ2n) is 6.19. The van der Waals surface area contributed by atoms with Crippen LogP contribution >= 0.6 is 24.0 Å². The number of thiocarbonyl (C=S) groups is 1. The van der Waals surface area contributed by atoms with Crippen molar-refractivity contribution in [2.45, 2.75) is 13.0 Å². The highest BCUT2D eigenvalue weighted by molar-refractivity contribution is 8.27. The highest BCUT2D eigenvalue weighted by atomic mass is 32.2. The number of methoxy groups -OCH3 is 2. The minimum absolute atomic E-state index is 0.311. The van der Waals surface area contributed by atoms with Crippen molar-refractivity contribution in [1.29, 1.82) is 0 Å². The Morgan fingerprint density at radius 3 is 2.57 bits per heavy atom. The average Bonchev–Trinajstić information content (AvgIpc) is 3.01. The normalized spacial score (nSPS) is 16.0. The molecule has 1 amide bonds. The van der Waals surface area contributed by atoms with Gasteiger partial charge in [-0.2, -0.15) is 0 Å². The van der Waals surface area contributed by atoms with Crippen molar-refractivity contribution in [1.82, 2.24) is 0 Å². The fraction of sp³-hybridized carbons (Fsp3) is 0.190. The largest absolute Gasteiger partial charge is 0.497 e. The number of nitrogens with zero attached hydrogens (tertiary/aromatic N) is 1. The fourth-order valence-electron chi connectivity index (χ4n) is 2.73. The number of carbonyl (C=O) groups is 2. The van der Waals surface area contributed by atoms with Gasteiger partial charge in [0, 0.05) is 11.6 Å². The van der Waals surface area contributed by atoms with Crippen LogP contribution < -0.4 is 19.1 Å². The maximum atomic E-state index is 13.1. The van der Waals surface area contributed by atoms with Gasteiger partial charge in [0.25, 0.3) is 5.91 Å². The molecule has 7 nitrogen and oxygen atoms in total. The maximum absolute atomic E-state index is 13.1. The summed E-state index contributed by atoms with van der Waals surface area (Å²) in [5.74, 6) is 0.0121. The Morgan fingerprint density at radius 1 is 1.17 bits per heavy atom. The average molecular weight is 446 g/mol. The van der Waals surface area contributed by atoms with E-state index in [2.05, 4.69) is 0 Å². The molecule has 156 valence electrons. The maximum Gasteiger partial charge on any atom is 0.344 e. The topological polar surface area (TPSA) is 85.3 Å². The summed E-state index contributed by atoms with van der Waals surface area (Å²) >= 11 is 6.57. The Hall–Kier alpha value is -3.04. The third-order valence-corrected chi connectivity index (χ3v) is 5.58. The van der Waals surface area contributed by atoms with E-state index in [1.807, 2.05) is 0 Å². The molecule has 0 radical (unpaired) electrons. The number of benzene rings is 2. The lowest BCUT2D eigenvalue weighted by Crippen LogP contribution is -2.28. The van der Waals surface area contributed by atoms with Crippen LogP contribution in [0.5, 0.6) is 17.2 Å². The van der Waals surface area contributed by atoms with Crippen LogP contribution in [0.25, 0.3) is 6.08 Å². The van der Waals surface area contributed by atoms with Crippen LogP contribution in [0, 0.1) is 0 Å². The van der Waals surface area contributed by atoms with Crippen LogP contribution in [0.15, 0.2) is 47.4 Å². The molecule has 1 N–H and O–H groups in total. The summed E-state index contributed by atoms with van der Waals surface area (Å²) < 4.78 is 16.5. The van der Waals surface area contributed by atoms with Gasteiger partial charge in [-0.25, -0.2) is 4.79 Å². The number of hydrogen-bond acceptors (Lipinski definition) is 7. The number of ether oxygens (including phenoxy) is 3. The van der Waals surface area contributed by atoms with E-state index in [4.69, 9.17) is 31.5 Å². The van der Waals surface area contributed by atoms with E-state index in [0.717, 1.165) is 11.8 Å². The summed E-state index contributed by atoms with van der Waals surface area (Å²) in [4.78, 5) is 26.0. The SMILES string of the molecule is COc1ccc(N2C(=O)/C(=C\c3ccccc3OC(C)C(=O)O)SC2=S)c(OC)c1. The molecule has 0 aliphatic carbocycles. The summed E-state index contributed by atoms with van der Waals surface area (Å²) in [6.07, 6.45) is 0.608. The Bertz CT molecular complexity index is 1040. The molecule has 2 aromatic rings. The van der Waals surface area contributed by atoms with E-state index in [9.17, 15) is 9.59 Å². The van der Waals surface area contributed by atoms with Gasteiger partial charge in [0.2, 0.25) is 0 Å². The molecule has 0 aromatic heterocycles. The van der Waals surface area contributed by atoms with Crippen LogP contribution in [-0.2, 0) is 9.59 Å². The van der Waals surface area contributed by atoms with Crippen LogP contribution in [0.3, 0.4) is 0 Å². The Balaban J connectivity index is 1.94. The number of anilines is 1. The van der Waals surface area contributed by atoms with Crippen molar-refractivity contribution in [2.75, 3.05) is 19.1 Å².